The smallest absolute Gasteiger partial charge is 0.254 e. The fraction of sp³-hybridized carbons (Fsp3) is 0.0455. The lowest BCUT2D eigenvalue weighted by Crippen LogP contribution is -2.06. The van der Waals surface area contributed by atoms with Crippen LogP contribution in [-0.4, -0.2) is 16.0 Å². The number of carbonyl (C=O) groups is 1. The normalized spacial score (nSPS) is 10.7. The Morgan fingerprint density at radius 3 is 2.48 bits per heavy atom. The van der Waals surface area contributed by atoms with Crippen molar-refractivity contribution in [1.82, 2.24) is 10.2 Å². The van der Waals surface area contributed by atoms with E-state index in [-0.39, 0.29) is 12.4 Å². The van der Waals surface area contributed by atoms with Crippen LogP contribution in [0, 0.1) is 0 Å². The first-order valence-electron chi connectivity index (χ1n) is 8.70. The van der Waals surface area contributed by atoms with E-state index in [1.54, 1.807) is 42.5 Å². The fourth-order valence-corrected chi connectivity index (χ4v) is 3.10. The lowest BCUT2D eigenvalue weighted by Gasteiger charge is -2.10. The van der Waals surface area contributed by atoms with E-state index in [0.29, 0.717) is 38.7 Å². The summed E-state index contributed by atoms with van der Waals surface area (Å²) in [5.41, 5.74) is 1.57. The zero-order valence-corrected chi connectivity index (χ0v) is 16.5. The van der Waals surface area contributed by atoms with Crippen LogP contribution in [0.15, 0.2) is 77.2 Å². The monoisotopic (exact) mass is 424 g/mol. The van der Waals surface area contributed by atoms with Crippen LogP contribution in [0.25, 0.3) is 11.5 Å². The highest BCUT2D eigenvalue weighted by molar-refractivity contribution is 6.32. The molecule has 0 aliphatic rings. The van der Waals surface area contributed by atoms with Gasteiger partial charge in [0.05, 0.1) is 5.56 Å². The summed E-state index contributed by atoms with van der Waals surface area (Å²) in [6, 6.07) is 21.0. The molecule has 0 N–H and O–H groups in total. The van der Waals surface area contributed by atoms with E-state index < -0.39 is 0 Å². The Morgan fingerprint density at radius 1 is 0.897 bits per heavy atom. The number of hydrogen-bond donors (Lipinski definition) is 0. The Morgan fingerprint density at radius 2 is 1.69 bits per heavy atom. The second-order valence-corrected chi connectivity index (χ2v) is 7.01. The van der Waals surface area contributed by atoms with Crippen molar-refractivity contribution in [3.63, 3.8) is 0 Å². The van der Waals surface area contributed by atoms with Crippen molar-refractivity contribution >= 4 is 29.0 Å². The van der Waals surface area contributed by atoms with Gasteiger partial charge in [0.25, 0.3) is 5.89 Å². The van der Waals surface area contributed by atoms with Crippen molar-refractivity contribution in [3.8, 4) is 17.2 Å². The fourth-order valence-electron chi connectivity index (χ4n) is 2.74. The molecule has 0 atom stereocenters. The molecule has 144 valence electrons. The van der Waals surface area contributed by atoms with Gasteiger partial charge >= 0.3 is 0 Å². The van der Waals surface area contributed by atoms with Crippen molar-refractivity contribution in [1.29, 1.82) is 0 Å². The van der Waals surface area contributed by atoms with Crippen LogP contribution in [0.4, 0.5) is 0 Å². The molecular weight excluding hydrogens is 411 g/mol. The van der Waals surface area contributed by atoms with Gasteiger partial charge < -0.3 is 9.15 Å². The number of rotatable bonds is 6. The Kier molecular flexibility index (Phi) is 5.60. The van der Waals surface area contributed by atoms with Crippen molar-refractivity contribution in [2.24, 2.45) is 0 Å². The van der Waals surface area contributed by atoms with E-state index in [1.807, 2.05) is 30.3 Å². The minimum atomic E-state index is -0.250. The summed E-state index contributed by atoms with van der Waals surface area (Å²) in [5.74, 6) is 0.801. The molecule has 0 saturated heterocycles. The van der Waals surface area contributed by atoms with E-state index in [1.165, 1.54) is 0 Å². The first-order valence-corrected chi connectivity index (χ1v) is 9.46. The average Bonchev–Trinajstić information content (AvgIpc) is 3.22. The molecule has 0 spiro atoms. The Labute approximate surface area is 176 Å². The van der Waals surface area contributed by atoms with Gasteiger partial charge in [-0.15, -0.1) is 10.2 Å². The van der Waals surface area contributed by atoms with Crippen LogP contribution in [-0.2, 0) is 6.61 Å². The van der Waals surface area contributed by atoms with Gasteiger partial charge in [0.15, 0.2) is 12.4 Å². The number of ether oxygens (including phenoxy) is 1. The molecule has 0 aliphatic carbocycles. The summed E-state index contributed by atoms with van der Waals surface area (Å²) in [4.78, 5) is 12.9. The molecule has 1 heterocycles. The predicted molar refractivity (Wildman–Crippen MR) is 110 cm³/mol. The minimum absolute atomic E-state index is 0.0112. The molecule has 7 heteroatoms. The highest BCUT2D eigenvalue weighted by Gasteiger charge is 2.17. The van der Waals surface area contributed by atoms with Gasteiger partial charge in [-0.05, 0) is 42.5 Å². The predicted octanol–water partition coefficient (Wildman–Crippen LogP) is 5.85. The molecule has 1 aromatic heterocycles. The van der Waals surface area contributed by atoms with E-state index in [9.17, 15) is 4.79 Å². The van der Waals surface area contributed by atoms with Crippen molar-refractivity contribution in [3.05, 3.63) is 99.9 Å². The summed E-state index contributed by atoms with van der Waals surface area (Å²) >= 11 is 12.1. The molecule has 5 nitrogen and oxygen atoms in total. The molecule has 29 heavy (non-hydrogen) atoms. The maximum atomic E-state index is 12.9. The highest BCUT2D eigenvalue weighted by atomic mass is 35.5. The molecule has 0 fully saturated rings. The van der Waals surface area contributed by atoms with E-state index in [0.717, 1.165) is 5.56 Å². The summed E-state index contributed by atoms with van der Waals surface area (Å²) in [6.45, 7) is 0.0112. The quantitative estimate of drug-likeness (QED) is 0.363. The molecule has 4 rings (SSSR count). The molecule has 3 aromatic carbocycles. The van der Waals surface area contributed by atoms with Crippen molar-refractivity contribution in [2.75, 3.05) is 0 Å². The van der Waals surface area contributed by atoms with Gasteiger partial charge in [-0.3, -0.25) is 4.79 Å². The van der Waals surface area contributed by atoms with Crippen molar-refractivity contribution < 1.29 is 13.9 Å². The van der Waals surface area contributed by atoms with Crippen molar-refractivity contribution in [2.45, 2.75) is 6.61 Å². The molecule has 0 saturated carbocycles. The van der Waals surface area contributed by atoms with Gasteiger partial charge in [-0.1, -0.05) is 53.5 Å². The summed E-state index contributed by atoms with van der Waals surface area (Å²) in [7, 11) is 0. The SMILES string of the molecule is O=C(c1cccc(Cl)c1)c1cc(Cl)ccc1OCc1nnc(-c2ccccc2)o1. The van der Waals surface area contributed by atoms with Gasteiger partial charge in [0.2, 0.25) is 5.89 Å². The lowest BCUT2D eigenvalue weighted by molar-refractivity contribution is 0.103. The number of benzene rings is 3. The van der Waals surface area contributed by atoms with Crippen LogP contribution in [0.3, 0.4) is 0 Å². The zero-order chi connectivity index (χ0) is 20.2. The third-order valence-electron chi connectivity index (χ3n) is 4.11. The third-order valence-corrected chi connectivity index (χ3v) is 4.58. The van der Waals surface area contributed by atoms with E-state index in [4.69, 9.17) is 32.4 Å². The van der Waals surface area contributed by atoms with E-state index in [2.05, 4.69) is 10.2 Å². The van der Waals surface area contributed by atoms with Gasteiger partial charge in [0, 0.05) is 21.2 Å². The summed E-state index contributed by atoms with van der Waals surface area (Å²) in [6.07, 6.45) is 0. The molecule has 0 unspecified atom stereocenters. The van der Waals surface area contributed by atoms with Crippen LogP contribution in [0.2, 0.25) is 10.0 Å². The second-order valence-electron chi connectivity index (χ2n) is 6.14. The lowest BCUT2D eigenvalue weighted by atomic mass is 10.0. The number of halogens is 2. The van der Waals surface area contributed by atoms with Crippen LogP contribution in [0.1, 0.15) is 21.8 Å². The van der Waals surface area contributed by atoms with Crippen LogP contribution >= 0.6 is 23.2 Å². The summed E-state index contributed by atoms with van der Waals surface area (Å²) < 4.78 is 11.4. The van der Waals surface area contributed by atoms with Crippen LogP contribution < -0.4 is 4.74 Å². The van der Waals surface area contributed by atoms with Gasteiger partial charge in [-0.2, -0.15) is 0 Å². The van der Waals surface area contributed by atoms with Crippen LogP contribution in [0.5, 0.6) is 5.75 Å². The summed E-state index contributed by atoms with van der Waals surface area (Å²) in [5, 5.41) is 8.92. The molecule has 0 bridgehead atoms. The Bertz CT molecular complexity index is 1160. The average molecular weight is 425 g/mol. The number of ketones is 1. The molecule has 0 aliphatic heterocycles. The topological polar surface area (TPSA) is 65.2 Å². The number of carbonyl (C=O) groups excluding carboxylic acids is 1. The second kappa shape index (κ2) is 8.47. The third kappa shape index (κ3) is 4.47. The highest BCUT2D eigenvalue weighted by Crippen LogP contribution is 2.27. The van der Waals surface area contributed by atoms with Gasteiger partial charge in [0.1, 0.15) is 5.75 Å². The number of nitrogens with zero attached hydrogens (tertiary/aromatic N) is 2. The number of hydrogen-bond acceptors (Lipinski definition) is 5. The maximum Gasteiger partial charge on any atom is 0.254 e. The van der Waals surface area contributed by atoms with E-state index >= 15 is 0 Å². The largest absolute Gasteiger partial charge is 0.483 e. The number of aromatic nitrogens is 2. The van der Waals surface area contributed by atoms with Gasteiger partial charge in [-0.25, -0.2) is 0 Å². The maximum absolute atomic E-state index is 12.9. The first-order chi connectivity index (χ1) is 14.1. The minimum Gasteiger partial charge on any atom is -0.483 e. The molecule has 4 aromatic rings. The Hall–Kier alpha value is -3.15. The zero-order valence-electron chi connectivity index (χ0n) is 15.0. The molecular formula is C22H14Cl2N2O3. The Balaban J connectivity index is 1.55. The standard InChI is InChI=1S/C22H14Cl2N2O3/c23-16-8-4-7-15(11-16)21(27)18-12-17(24)9-10-19(18)28-13-20-25-26-22(29-20)14-5-2-1-3-6-14/h1-12H,13H2. The molecule has 0 radical (unpaired) electrons. The first kappa shape index (κ1) is 19.2. The molecule has 0 amide bonds.